The average Bonchev–Trinajstić information content (AvgIpc) is 2.36. The molecule has 0 bridgehead atoms. The molecule has 0 spiro atoms. The molecule has 0 heterocycles. The van der Waals surface area contributed by atoms with Crippen molar-refractivity contribution < 1.29 is 13.2 Å². The van der Waals surface area contributed by atoms with Gasteiger partial charge in [0.1, 0.15) is 6.04 Å². The van der Waals surface area contributed by atoms with Crippen LogP contribution < -0.4 is 5.32 Å². The van der Waals surface area contributed by atoms with Crippen LogP contribution in [0.5, 0.6) is 0 Å². The minimum atomic E-state index is -4.26. The highest BCUT2D eigenvalue weighted by Crippen LogP contribution is 2.33. The molecule has 108 valence electrons. The fourth-order valence-corrected chi connectivity index (χ4v) is 2.09. The van der Waals surface area contributed by atoms with Crippen molar-refractivity contribution >= 4 is 0 Å². The van der Waals surface area contributed by atoms with E-state index in [0.717, 1.165) is 25.7 Å². The summed E-state index contributed by atoms with van der Waals surface area (Å²) in [6, 6.07) is 6.31. The Morgan fingerprint density at radius 3 is 2.26 bits per heavy atom. The average molecular weight is 273 g/mol. The summed E-state index contributed by atoms with van der Waals surface area (Å²) in [5.74, 6) is 0. The number of nitrogens with one attached hydrogen (secondary N) is 1. The lowest BCUT2D eigenvalue weighted by Gasteiger charge is -2.26. The van der Waals surface area contributed by atoms with E-state index in [1.807, 2.05) is 6.92 Å². The Kier molecular flexibility index (Phi) is 6.35. The third kappa shape index (κ3) is 5.64. The molecule has 2 atom stereocenters. The minimum absolute atomic E-state index is 0.140. The molecule has 1 nitrogen and oxygen atoms in total. The van der Waals surface area contributed by atoms with Gasteiger partial charge in [-0.3, -0.25) is 5.32 Å². The Balaban J connectivity index is 2.66. The van der Waals surface area contributed by atoms with Crippen LogP contribution in [0.3, 0.4) is 0 Å². The van der Waals surface area contributed by atoms with Gasteiger partial charge in [0.2, 0.25) is 0 Å². The molecule has 0 saturated heterocycles. The van der Waals surface area contributed by atoms with Crippen molar-refractivity contribution in [2.75, 3.05) is 0 Å². The zero-order valence-corrected chi connectivity index (χ0v) is 11.5. The first-order valence-corrected chi connectivity index (χ1v) is 6.83. The molecule has 0 radical (unpaired) electrons. The van der Waals surface area contributed by atoms with E-state index in [0.29, 0.717) is 0 Å². The Morgan fingerprint density at radius 1 is 1.11 bits per heavy atom. The Bertz CT molecular complexity index is 348. The summed E-state index contributed by atoms with van der Waals surface area (Å²) in [7, 11) is 0. The van der Waals surface area contributed by atoms with Crippen LogP contribution >= 0.6 is 0 Å². The summed E-state index contributed by atoms with van der Waals surface area (Å²) in [5, 5.41) is 2.71. The summed E-state index contributed by atoms with van der Waals surface area (Å²) in [5.41, 5.74) is 0.275. The molecule has 19 heavy (non-hydrogen) atoms. The largest absolute Gasteiger partial charge is 0.407 e. The summed E-state index contributed by atoms with van der Waals surface area (Å²) < 4.78 is 39.3. The topological polar surface area (TPSA) is 12.0 Å². The SMILES string of the molecule is CCCCCC(C)NC(c1ccccc1)C(F)(F)F. The van der Waals surface area contributed by atoms with Crippen molar-refractivity contribution in [2.45, 2.75) is 57.8 Å². The maximum absolute atomic E-state index is 13.1. The highest BCUT2D eigenvalue weighted by Gasteiger charge is 2.41. The highest BCUT2D eigenvalue weighted by molar-refractivity contribution is 5.20. The Hall–Kier alpha value is -1.03. The molecular formula is C15H22F3N. The van der Waals surface area contributed by atoms with Crippen molar-refractivity contribution in [3.63, 3.8) is 0 Å². The van der Waals surface area contributed by atoms with Crippen molar-refractivity contribution in [1.29, 1.82) is 0 Å². The van der Waals surface area contributed by atoms with Gasteiger partial charge in [0.25, 0.3) is 0 Å². The predicted octanol–water partition coefficient (Wildman–Crippen LogP) is 4.85. The second kappa shape index (κ2) is 7.53. The molecule has 1 aromatic rings. The van der Waals surface area contributed by atoms with Gasteiger partial charge < -0.3 is 0 Å². The zero-order chi connectivity index (χ0) is 14.3. The first-order chi connectivity index (χ1) is 8.95. The molecule has 0 fully saturated rings. The Morgan fingerprint density at radius 2 is 1.74 bits per heavy atom. The van der Waals surface area contributed by atoms with Gasteiger partial charge in [-0.15, -0.1) is 0 Å². The molecule has 1 rings (SSSR count). The number of hydrogen-bond donors (Lipinski definition) is 1. The Labute approximate surface area is 113 Å². The predicted molar refractivity (Wildman–Crippen MR) is 72.0 cm³/mol. The zero-order valence-electron chi connectivity index (χ0n) is 11.5. The molecule has 0 aromatic heterocycles. The lowest BCUT2D eigenvalue weighted by Crippen LogP contribution is -2.39. The van der Waals surface area contributed by atoms with E-state index in [-0.39, 0.29) is 11.6 Å². The van der Waals surface area contributed by atoms with Crippen molar-refractivity contribution in [2.24, 2.45) is 0 Å². The summed E-state index contributed by atoms with van der Waals surface area (Å²) in [6.45, 7) is 3.90. The third-order valence-corrected chi connectivity index (χ3v) is 3.15. The van der Waals surface area contributed by atoms with E-state index in [4.69, 9.17) is 0 Å². The van der Waals surface area contributed by atoms with Gasteiger partial charge in [-0.1, -0.05) is 56.5 Å². The molecule has 2 unspecified atom stereocenters. The third-order valence-electron chi connectivity index (χ3n) is 3.15. The maximum Gasteiger partial charge on any atom is 0.407 e. The standard InChI is InChI=1S/C15H22F3N/c1-3-4-6-9-12(2)19-14(15(16,17)18)13-10-7-5-8-11-13/h5,7-8,10-12,14,19H,3-4,6,9H2,1-2H3. The first kappa shape index (κ1) is 16.0. The number of hydrogen-bond acceptors (Lipinski definition) is 1. The van der Waals surface area contributed by atoms with Crippen LogP contribution in [-0.2, 0) is 0 Å². The summed E-state index contributed by atoms with van der Waals surface area (Å²) >= 11 is 0. The number of benzene rings is 1. The van der Waals surface area contributed by atoms with Crippen molar-refractivity contribution in [1.82, 2.24) is 5.32 Å². The van der Waals surface area contributed by atoms with Gasteiger partial charge in [-0.2, -0.15) is 13.2 Å². The molecule has 0 aliphatic heterocycles. The lowest BCUT2D eigenvalue weighted by atomic mass is 10.0. The van der Waals surface area contributed by atoms with E-state index >= 15 is 0 Å². The van der Waals surface area contributed by atoms with E-state index < -0.39 is 12.2 Å². The van der Waals surface area contributed by atoms with Crippen molar-refractivity contribution in [3.8, 4) is 0 Å². The summed E-state index contributed by atoms with van der Waals surface area (Å²) in [4.78, 5) is 0. The number of alkyl halides is 3. The van der Waals surface area contributed by atoms with Gasteiger partial charge in [-0.05, 0) is 18.9 Å². The van der Waals surface area contributed by atoms with Gasteiger partial charge in [0.05, 0.1) is 0 Å². The maximum atomic E-state index is 13.1. The molecule has 0 amide bonds. The second-order valence-corrected chi connectivity index (χ2v) is 4.95. The van der Waals surface area contributed by atoms with Gasteiger partial charge >= 0.3 is 6.18 Å². The van der Waals surface area contributed by atoms with Gasteiger partial charge in [0, 0.05) is 6.04 Å². The molecule has 0 aliphatic rings. The monoisotopic (exact) mass is 273 g/mol. The fourth-order valence-electron chi connectivity index (χ4n) is 2.09. The van der Waals surface area contributed by atoms with Crippen LogP contribution in [-0.4, -0.2) is 12.2 Å². The highest BCUT2D eigenvalue weighted by atomic mass is 19.4. The molecular weight excluding hydrogens is 251 g/mol. The number of rotatable bonds is 7. The van der Waals surface area contributed by atoms with Crippen LogP contribution in [0.1, 0.15) is 51.1 Å². The van der Waals surface area contributed by atoms with E-state index in [1.54, 1.807) is 18.2 Å². The van der Waals surface area contributed by atoms with Crippen LogP contribution in [0.4, 0.5) is 13.2 Å². The van der Waals surface area contributed by atoms with Crippen LogP contribution in [0.15, 0.2) is 30.3 Å². The van der Waals surface area contributed by atoms with E-state index in [9.17, 15) is 13.2 Å². The van der Waals surface area contributed by atoms with E-state index in [2.05, 4.69) is 12.2 Å². The lowest BCUT2D eigenvalue weighted by molar-refractivity contribution is -0.159. The van der Waals surface area contributed by atoms with Crippen LogP contribution in [0.2, 0.25) is 0 Å². The smallest absolute Gasteiger partial charge is 0.300 e. The van der Waals surface area contributed by atoms with Crippen LogP contribution in [0, 0.1) is 0 Å². The quantitative estimate of drug-likeness (QED) is 0.700. The van der Waals surface area contributed by atoms with Crippen molar-refractivity contribution in [3.05, 3.63) is 35.9 Å². The molecule has 0 saturated carbocycles. The van der Waals surface area contributed by atoms with Gasteiger partial charge in [-0.25, -0.2) is 0 Å². The molecule has 4 heteroatoms. The summed E-state index contributed by atoms with van der Waals surface area (Å²) in [6.07, 6.45) is -0.389. The van der Waals surface area contributed by atoms with Crippen LogP contribution in [0.25, 0.3) is 0 Å². The van der Waals surface area contributed by atoms with Gasteiger partial charge in [0.15, 0.2) is 0 Å². The molecule has 1 aromatic carbocycles. The normalized spacial score (nSPS) is 15.2. The number of halogens is 3. The fraction of sp³-hybridized carbons (Fsp3) is 0.600. The first-order valence-electron chi connectivity index (χ1n) is 6.83. The molecule has 1 N–H and O–H groups in total. The number of unbranched alkanes of at least 4 members (excludes halogenated alkanes) is 2. The van der Waals surface area contributed by atoms with E-state index in [1.165, 1.54) is 12.1 Å². The second-order valence-electron chi connectivity index (χ2n) is 4.95. The molecule has 0 aliphatic carbocycles. The minimum Gasteiger partial charge on any atom is -0.300 e.